The maximum atomic E-state index is 13.1. The van der Waals surface area contributed by atoms with Crippen LogP contribution in [0, 0.1) is 19.8 Å². The molecule has 3 rings (SSSR count). The number of amides is 2. The summed E-state index contributed by atoms with van der Waals surface area (Å²) in [7, 11) is 1.76. The second-order valence-electron chi connectivity index (χ2n) is 6.96. The highest BCUT2D eigenvalue weighted by Crippen LogP contribution is 2.37. The first-order chi connectivity index (χ1) is 12.8. The Hall–Kier alpha value is -1.79. The Morgan fingerprint density at radius 2 is 1.85 bits per heavy atom. The Morgan fingerprint density at radius 3 is 2.48 bits per heavy atom. The van der Waals surface area contributed by atoms with Crippen LogP contribution >= 0.6 is 27.7 Å². The van der Waals surface area contributed by atoms with Gasteiger partial charge in [-0.25, -0.2) is 0 Å². The Balaban J connectivity index is 1.93. The van der Waals surface area contributed by atoms with Gasteiger partial charge >= 0.3 is 0 Å². The Bertz CT molecular complexity index is 876. The van der Waals surface area contributed by atoms with Gasteiger partial charge in [0.05, 0.1) is 5.69 Å². The molecule has 0 aromatic heterocycles. The average Bonchev–Trinajstić information content (AvgIpc) is 2.94. The van der Waals surface area contributed by atoms with E-state index in [2.05, 4.69) is 33.4 Å². The van der Waals surface area contributed by atoms with Crippen LogP contribution in [0.1, 0.15) is 22.6 Å². The molecule has 0 saturated carbocycles. The molecule has 1 fully saturated rings. The van der Waals surface area contributed by atoms with Crippen molar-refractivity contribution in [3.63, 3.8) is 0 Å². The second kappa shape index (κ2) is 8.07. The van der Waals surface area contributed by atoms with Crippen LogP contribution in [0.4, 0.5) is 5.69 Å². The standard InChI is InChI=1S/C21H23BrN2O2S/c1-12-9-14(10-13(2)19(12)22)15-11-24(3)21(26)18(15)20(25)23-16-7-5-6-8-17(16)27-4/h5-10,15,18H,11H2,1-4H3,(H,23,25)/t15-,18+/m1/s1. The van der Waals surface area contributed by atoms with Gasteiger partial charge in [-0.2, -0.15) is 0 Å². The van der Waals surface area contributed by atoms with E-state index in [-0.39, 0.29) is 17.7 Å². The number of benzene rings is 2. The molecule has 1 aliphatic heterocycles. The fourth-order valence-electron chi connectivity index (χ4n) is 3.64. The third-order valence-corrected chi connectivity index (χ3v) is 7.10. The molecule has 1 saturated heterocycles. The number of hydrogen-bond acceptors (Lipinski definition) is 3. The van der Waals surface area contributed by atoms with Crippen LogP contribution in [-0.2, 0) is 9.59 Å². The fraction of sp³-hybridized carbons (Fsp3) is 0.333. The van der Waals surface area contributed by atoms with E-state index in [0.717, 1.165) is 31.7 Å². The van der Waals surface area contributed by atoms with Crippen LogP contribution in [0.15, 0.2) is 45.8 Å². The molecule has 1 aliphatic rings. The molecule has 1 heterocycles. The van der Waals surface area contributed by atoms with Crippen LogP contribution in [0.2, 0.25) is 0 Å². The summed E-state index contributed by atoms with van der Waals surface area (Å²) in [5, 5.41) is 2.98. The number of aryl methyl sites for hydroxylation is 2. The summed E-state index contributed by atoms with van der Waals surface area (Å²) in [5.74, 6) is -1.24. The largest absolute Gasteiger partial charge is 0.344 e. The first-order valence-corrected chi connectivity index (χ1v) is 10.8. The lowest BCUT2D eigenvalue weighted by Gasteiger charge is -2.19. The van der Waals surface area contributed by atoms with Crippen molar-refractivity contribution in [2.24, 2.45) is 5.92 Å². The molecule has 6 heteroatoms. The summed E-state index contributed by atoms with van der Waals surface area (Å²) in [6.07, 6.45) is 1.97. The van der Waals surface area contributed by atoms with Gasteiger partial charge in [0.25, 0.3) is 0 Å². The Labute approximate surface area is 172 Å². The van der Waals surface area contributed by atoms with Crippen molar-refractivity contribution < 1.29 is 9.59 Å². The molecule has 27 heavy (non-hydrogen) atoms. The van der Waals surface area contributed by atoms with E-state index in [1.807, 2.05) is 44.4 Å². The normalized spacial score (nSPS) is 19.4. The number of para-hydroxylation sites is 1. The number of rotatable bonds is 4. The number of likely N-dealkylation sites (tertiary alicyclic amines) is 1. The molecule has 1 N–H and O–H groups in total. The Morgan fingerprint density at radius 1 is 1.22 bits per heavy atom. The monoisotopic (exact) mass is 446 g/mol. The molecule has 2 aromatic carbocycles. The van der Waals surface area contributed by atoms with Gasteiger partial charge in [-0.15, -0.1) is 11.8 Å². The first kappa shape index (κ1) is 20.0. The highest BCUT2D eigenvalue weighted by molar-refractivity contribution is 9.10. The van der Waals surface area contributed by atoms with Gasteiger partial charge in [-0.1, -0.05) is 40.2 Å². The van der Waals surface area contributed by atoms with E-state index in [0.29, 0.717) is 6.54 Å². The summed E-state index contributed by atoms with van der Waals surface area (Å²) in [6.45, 7) is 4.61. The van der Waals surface area contributed by atoms with Crippen molar-refractivity contribution in [2.75, 3.05) is 25.2 Å². The summed E-state index contributed by atoms with van der Waals surface area (Å²) < 4.78 is 1.07. The SMILES string of the molecule is CSc1ccccc1NC(=O)[C@H]1C(=O)N(C)C[C@@H]1c1cc(C)c(Br)c(C)c1. The first-order valence-electron chi connectivity index (χ1n) is 8.79. The molecular weight excluding hydrogens is 424 g/mol. The number of nitrogens with zero attached hydrogens (tertiary/aromatic N) is 1. The zero-order valence-electron chi connectivity index (χ0n) is 15.9. The number of carbonyl (C=O) groups excluding carboxylic acids is 2. The maximum Gasteiger partial charge on any atom is 0.237 e. The van der Waals surface area contributed by atoms with Crippen molar-refractivity contribution in [2.45, 2.75) is 24.7 Å². The van der Waals surface area contributed by atoms with Crippen molar-refractivity contribution in [1.82, 2.24) is 4.90 Å². The van der Waals surface area contributed by atoms with Gasteiger partial charge in [0.15, 0.2) is 0 Å². The molecule has 4 nitrogen and oxygen atoms in total. The lowest BCUT2D eigenvalue weighted by Crippen LogP contribution is -2.32. The van der Waals surface area contributed by atoms with Gasteiger partial charge in [0.2, 0.25) is 11.8 Å². The zero-order valence-corrected chi connectivity index (χ0v) is 18.3. The average molecular weight is 447 g/mol. The van der Waals surface area contributed by atoms with Gasteiger partial charge in [-0.05, 0) is 48.9 Å². The zero-order chi connectivity index (χ0) is 19.7. The van der Waals surface area contributed by atoms with Gasteiger partial charge in [0, 0.05) is 28.9 Å². The molecular formula is C21H23BrN2O2S. The second-order valence-corrected chi connectivity index (χ2v) is 8.60. The minimum absolute atomic E-state index is 0.127. The molecule has 2 atom stereocenters. The Kier molecular flexibility index (Phi) is 5.96. The van der Waals surface area contributed by atoms with Gasteiger partial charge in [-0.3, -0.25) is 9.59 Å². The molecule has 0 spiro atoms. The number of carbonyl (C=O) groups is 2. The van der Waals surface area contributed by atoms with E-state index >= 15 is 0 Å². The van der Waals surface area contributed by atoms with E-state index in [1.54, 1.807) is 23.7 Å². The van der Waals surface area contributed by atoms with E-state index < -0.39 is 5.92 Å². The van der Waals surface area contributed by atoms with Crippen LogP contribution in [0.3, 0.4) is 0 Å². The van der Waals surface area contributed by atoms with Crippen molar-refractivity contribution >= 4 is 45.2 Å². The smallest absolute Gasteiger partial charge is 0.237 e. The lowest BCUT2D eigenvalue weighted by molar-refractivity contribution is -0.135. The van der Waals surface area contributed by atoms with E-state index in [1.165, 1.54) is 0 Å². The molecule has 142 valence electrons. The molecule has 2 amide bonds. The maximum absolute atomic E-state index is 13.1. The predicted octanol–water partition coefficient (Wildman–Crippen LogP) is 4.60. The van der Waals surface area contributed by atoms with Gasteiger partial charge in [0.1, 0.15) is 5.92 Å². The molecule has 0 aliphatic carbocycles. The molecule has 2 aromatic rings. The van der Waals surface area contributed by atoms with Crippen LogP contribution in [0.25, 0.3) is 0 Å². The van der Waals surface area contributed by atoms with Crippen molar-refractivity contribution in [3.05, 3.63) is 57.6 Å². The fourth-order valence-corrected chi connectivity index (χ4v) is 4.43. The molecule has 0 bridgehead atoms. The van der Waals surface area contributed by atoms with Crippen molar-refractivity contribution in [3.8, 4) is 0 Å². The van der Waals surface area contributed by atoms with E-state index in [9.17, 15) is 9.59 Å². The number of likely N-dealkylation sites (N-methyl/N-ethyl adjacent to an activating group) is 1. The highest BCUT2D eigenvalue weighted by Gasteiger charge is 2.44. The summed E-state index contributed by atoms with van der Waals surface area (Å²) in [4.78, 5) is 28.5. The number of thioether (sulfide) groups is 1. The highest BCUT2D eigenvalue weighted by atomic mass is 79.9. The minimum Gasteiger partial charge on any atom is -0.344 e. The third kappa shape index (κ3) is 3.92. The van der Waals surface area contributed by atoms with Gasteiger partial charge < -0.3 is 10.2 Å². The van der Waals surface area contributed by atoms with Crippen LogP contribution in [-0.4, -0.2) is 36.6 Å². The van der Waals surface area contributed by atoms with Crippen molar-refractivity contribution in [1.29, 1.82) is 0 Å². The van der Waals surface area contributed by atoms with Crippen LogP contribution in [0.5, 0.6) is 0 Å². The van der Waals surface area contributed by atoms with E-state index in [4.69, 9.17) is 0 Å². The number of hydrogen-bond donors (Lipinski definition) is 1. The summed E-state index contributed by atoms with van der Waals surface area (Å²) in [5.41, 5.74) is 4.00. The minimum atomic E-state index is -0.718. The lowest BCUT2D eigenvalue weighted by atomic mass is 9.86. The summed E-state index contributed by atoms with van der Waals surface area (Å²) in [6, 6.07) is 11.8. The molecule has 0 radical (unpaired) electrons. The third-order valence-electron chi connectivity index (χ3n) is 5.05. The predicted molar refractivity (Wildman–Crippen MR) is 114 cm³/mol. The molecule has 0 unspecified atom stereocenters. The number of anilines is 1. The number of halogens is 1. The quantitative estimate of drug-likeness (QED) is 0.551. The number of nitrogens with one attached hydrogen (secondary N) is 1. The topological polar surface area (TPSA) is 49.4 Å². The summed E-state index contributed by atoms with van der Waals surface area (Å²) >= 11 is 5.16. The van der Waals surface area contributed by atoms with Crippen LogP contribution < -0.4 is 5.32 Å².